The van der Waals surface area contributed by atoms with Gasteiger partial charge >= 0.3 is 0 Å². The van der Waals surface area contributed by atoms with E-state index in [-0.39, 0.29) is 17.7 Å². The van der Waals surface area contributed by atoms with E-state index in [4.69, 9.17) is 5.73 Å². The maximum absolute atomic E-state index is 11.7. The van der Waals surface area contributed by atoms with Crippen LogP contribution in [0.25, 0.3) is 0 Å². The van der Waals surface area contributed by atoms with Gasteiger partial charge in [0.1, 0.15) is 0 Å². The lowest BCUT2D eigenvalue weighted by molar-refractivity contribution is -0.119. The minimum atomic E-state index is -0.243. The monoisotopic (exact) mass is 233 g/mol. The fourth-order valence-corrected chi connectivity index (χ4v) is 1.89. The summed E-state index contributed by atoms with van der Waals surface area (Å²) in [5, 5.41) is 2.80. The third kappa shape index (κ3) is 2.08. The molecule has 1 atom stereocenters. The Hall–Kier alpha value is -2.04. The molecule has 5 heteroatoms. The molecule has 0 aliphatic carbocycles. The van der Waals surface area contributed by atoms with Crippen LogP contribution in [0, 0.1) is 5.92 Å². The van der Waals surface area contributed by atoms with Crippen molar-refractivity contribution >= 4 is 28.9 Å². The molecule has 0 saturated carbocycles. The van der Waals surface area contributed by atoms with E-state index in [2.05, 4.69) is 5.32 Å². The molecule has 1 aromatic carbocycles. The second-order valence-corrected chi connectivity index (χ2v) is 4.30. The van der Waals surface area contributed by atoms with Gasteiger partial charge in [0.15, 0.2) is 0 Å². The van der Waals surface area contributed by atoms with Crippen LogP contribution in [0.15, 0.2) is 18.2 Å². The number of anilines is 3. The van der Waals surface area contributed by atoms with E-state index in [1.807, 2.05) is 0 Å². The molecular weight excluding hydrogens is 218 g/mol. The lowest BCUT2D eigenvalue weighted by Gasteiger charge is -2.22. The van der Waals surface area contributed by atoms with Crippen LogP contribution >= 0.6 is 0 Å². The lowest BCUT2D eigenvalue weighted by Crippen LogP contribution is -2.34. The third-order valence-electron chi connectivity index (χ3n) is 2.85. The molecule has 0 fully saturated rings. The lowest BCUT2D eigenvalue weighted by atomic mass is 10.1. The van der Waals surface area contributed by atoms with Crippen LogP contribution in [0.3, 0.4) is 0 Å². The standard InChI is InChI=1S/C12H15N3O2/c1-7-6-15(8(2)16)11-5-9(13)3-4-10(11)14-12(7)17/h3-5,7H,6,13H2,1-2H3,(H,14,17). The van der Waals surface area contributed by atoms with Crippen molar-refractivity contribution in [2.24, 2.45) is 5.92 Å². The molecule has 2 rings (SSSR count). The van der Waals surface area contributed by atoms with Crippen molar-refractivity contribution in [3.63, 3.8) is 0 Å². The Morgan fingerprint density at radius 1 is 1.53 bits per heavy atom. The van der Waals surface area contributed by atoms with E-state index < -0.39 is 0 Å². The topological polar surface area (TPSA) is 75.4 Å². The highest BCUT2D eigenvalue weighted by Gasteiger charge is 2.26. The SMILES string of the molecule is CC(=O)N1CC(C)C(=O)Nc2ccc(N)cc21. The zero-order chi connectivity index (χ0) is 12.6. The summed E-state index contributed by atoms with van der Waals surface area (Å²) in [6.45, 7) is 3.65. The molecule has 2 amide bonds. The highest BCUT2D eigenvalue weighted by Crippen LogP contribution is 2.31. The summed E-state index contributed by atoms with van der Waals surface area (Å²) >= 11 is 0. The number of nitrogens with one attached hydrogen (secondary N) is 1. The zero-order valence-electron chi connectivity index (χ0n) is 9.86. The van der Waals surface area contributed by atoms with Gasteiger partial charge in [-0.1, -0.05) is 6.92 Å². The number of carbonyl (C=O) groups is 2. The van der Waals surface area contributed by atoms with Gasteiger partial charge in [-0.25, -0.2) is 0 Å². The van der Waals surface area contributed by atoms with Crippen molar-refractivity contribution in [2.75, 3.05) is 22.5 Å². The number of amides is 2. The van der Waals surface area contributed by atoms with Gasteiger partial charge in [-0.3, -0.25) is 9.59 Å². The molecule has 3 N–H and O–H groups in total. The van der Waals surface area contributed by atoms with Crippen molar-refractivity contribution in [3.8, 4) is 0 Å². The average molecular weight is 233 g/mol. The fourth-order valence-electron chi connectivity index (χ4n) is 1.89. The van der Waals surface area contributed by atoms with Crippen molar-refractivity contribution in [1.82, 2.24) is 0 Å². The molecule has 90 valence electrons. The number of hydrogen-bond acceptors (Lipinski definition) is 3. The second kappa shape index (κ2) is 4.08. The Bertz CT molecular complexity index is 485. The number of nitrogens with zero attached hydrogens (tertiary/aromatic N) is 1. The first-order valence-electron chi connectivity index (χ1n) is 5.47. The van der Waals surface area contributed by atoms with Crippen LogP contribution in [0.1, 0.15) is 13.8 Å². The molecule has 5 nitrogen and oxygen atoms in total. The number of fused-ring (bicyclic) bond motifs is 1. The Balaban J connectivity index is 2.53. The van der Waals surface area contributed by atoms with Gasteiger partial charge in [-0.05, 0) is 18.2 Å². The maximum Gasteiger partial charge on any atom is 0.229 e. The number of rotatable bonds is 0. The van der Waals surface area contributed by atoms with Gasteiger partial charge in [0.05, 0.1) is 17.3 Å². The number of hydrogen-bond donors (Lipinski definition) is 2. The second-order valence-electron chi connectivity index (χ2n) is 4.30. The van der Waals surface area contributed by atoms with Crippen LogP contribution in [0.5, 0.6) is 0 Å². The highest BCUT2D eigenvalue weighted by molar-refractivity contribution is 6.04. The molecule has 0 saturated heterocycles. The summed E-state index contributed by atoms with van der Waals surface area (Å²) in [4.78, 5) is 25.0. The quantitative estimate of drug-likeness (QED) is 0.661. The molecule has 1 aliphatic rings. The summed E-state index contributed by atoms with van der Waals surface area (Å²) in [5.74, 6) is -0.424. The first-order valence-corrected chi connectivity index (χ1v) is 5.47. The summed E-state index contributed by atoms with van der Waals surface area (Å²) in [6, 6.07) is 5.12. The number of carbonyl (C=O) groups excluding carboxylic acids is 2. The van der Waals surface area contributed by atoms with Crippen LogP contribution in [-0.2, 0) is 9.59 Å². The number of benzene rings is 1. The van der Waals surface area contributed by atoms with Gasteiger partial charge < -0.3 is 16.0 Å². The van der Waals surface area contributed by atoms with Crippen molar-refractivity contribution in [1.29, 1.82) is 0 Å². The molecule has 1 aliphatic heterocycles. The molecular formula is C12H15N3O2. The van der Waals surface area contributed by atoms with Gasteiger partial charge in [0, 0.05) is 19.2 Å². The summed E-state index contributed by atoms with van der Waals surface area (Å²) in [7, 11) is 0. The predicted octanol–water partition coefficient (Wildman–Crippen LogP) is 1.21. The van der Waals surface area contributed by atoms with Crippen LogP contribution < -0.4 is 16.0 Å². The largest absolute Gasteiger partial charge is 0.399 e. The Kier molecular flexibility index (Phi) is 2.75. The van der Waals surface area contributed by atoms with E-state index in [0.29, 0.717) is 23.6 Å². The summed E-state index contributed by atoms with van der Waals surface area (Å²) < 4.78 is 0. The van der Waals surface area contributed by atoms with Crippen LogP contribution in [0.4, 0.5) is 17.1 Å². The highest BCUT2D eigenvalue weighted by atomic mass is 16.2. The van der Waals surface area contributed by atoms with Crippen LogP contribution in [0.2, 0.25) is 0 Å². The molecule has 0 bridgehead atoms. The normalized spacial score (nSPS) is 19.3. The maximum atomic E-state index is 11.7. The van der Waals surface area contributed by atoms with Gasteiger partial charge in [0.2, 0.25) is 11.8 Å². The number of nitrogen functional groups attached to an aromatic ring is 1. The van der Waals surface area contributed by atoms with Gasteiger partial charge in [-0.15, -0.1) is 0 Å². The minimum absolute atomic E-state index is 0.0835. The summed E-state index contributed by atoms with van der Waals surface area (Å²) in [6.07, 6.45) is 0. The van der Waals surface area contributed by atoms with E-state index in [9.17, 15) is 9.59 Å². The Morgan fingerprint density at radius 2 is 2.24 bits per heavy atom. The molecule has 0 spiro atoms. The minimum Gasteiger partial charge on any atom is -0.399 e. The molecule has 17 heavy (non-hydrogen) atoms. The predicted molar refractivity (Wildman–Crippen MR) is 66.7 cm³/mol. The van der Waals surface area contributed by atoms with E-state index >= 15 is 0 Å². The third-order valence-corrected chi connectivity index (χ3v) is 2.85. The van der Waals surface area contributed by atoms with Crippen molar-refractivity contribution < 1.29 is 9.59 Å². The molecule has 1 heterocycles. The van der Waals surface area contributed by atoms with E-state index in [1.165, 1.54) is 6.92 Å². The fraction of sp³-hybridized carbons (Fsp3) is 0.333. The Morgan fingerprint density at radius 3 is 2.88 bits per heavy atom. The molecule has 1 aromatic rings. The molecule has 0 radical (unpaired) electrons. The van der Waals surface area contributed by atoms with Gasteiger partial charge in [0.25, 0.3) is 0 Å². The first kappa shape index (κ1) is 11.4. The van der Waals surface area contributed by atoms with E-state index in [0.717, 1.165) is 0 Å². The van der Waals surface area contributed by atoms with E-state index in [1.54, 1.807) is 30.0 Å². The number of nitrogens with two attached hydrogens (primary N) is 1. The van der Waals surface area contributed by atoms with Crippen LogP contribution in [-0.4, -0.2) is 18.4 Å². The summed E-state index contributed by atoms with van der Waals surface area (Å²) in [5.41, 5.74) is 7.57. The molecule has 0 aromatic heterocycles. The first-order chi connectivity index (χ1) is 7.99. The smallest absolute Gasteiger partial charge is 0.229 e. The Labute approximate surface area is 99.6 Å². The van der Waals surface area contributed by atoms with Crippen molar-refractivity contribution in [3.05, 3.63) is 18.2 Å². The molecule has 1 unspecified atom stereocenters. The van der Waals surface area contributed by atoms with Gasteiger partial charge in [-0.2, -0.15) is 0 Å². The average Bonchev–Trinajstić information content (AvgIpc) is 2.38. The van der Waals surface area contributed by atoms with Crippen molar-refractivity contribution in [2.45, 2.75) is 13.8 Å². The zero-order valence-corrected chi connectivity index (χ0v) is 9.86.